The molecule has 0 amide bonds. The Kier molecular flexibility index (Phi) is 13.4. The molecule has 19 heavy (non-hydrogen) atoms. The molecule has 0 aliphatic heterocycles. The summed E-state index contributed by atoms with van der Waals surface area (Å²) in [6, 6.07) is 0. The van der Waals surface area contributed by atoms with Gasteiger partial charge in [-0.1, -0.05) is 58.8 Å². The lowest BCUT2D eigenvalue weighted by molar-refractivity contribution is -0.148. The molecule has 0 rings (SSSR count). The van der Waals surface area contributed by atoms with Gasteiger partial charge in [0.1, 0.15) is 0 Å². The first-order valence-corrected chi connectivity index (χ1v) is 8.13. The van der Waals surface area contributed by atoms with E-state index in [1.807, 2.05) is 6.92 Å². The molecule has 1 unspecified atom stereocenters. The molecule has 0 fully saturated rings. The van der Waals surface area contributed by atoms with Crippen molar-refractivity contribution < 1.29 is 9.53 Å². The van der Waals surface area contributed by atoms with Gasteiger partial charge >= 0.3 is 5.97 Å². The summed E-state index contributed by atoms with van der Waals surface area (Å²) in [5.41, 5.74) is 0. The van der Waals surface area contributed by atoms with Crippen LogP contribution in [-0.2, 0) is 9.53 Å². The first-order chi connectivity index (χ1) is 9.26. The Morgan fingerprint density at radius 1 is 1.00 bits per heavy atom. The van der Waals surface area contributed by atoms with Gasteiger partial charge in [-0.15, -0.1) is 0 Å². The van der Waals surface area contributed by atoms with Gasteiger partial charge in [0.2, 0.25) is 0 Å². The minimum Gasteiger partial charge on any atom is -0.466 e. The first-order valence-electron chi connectivity index (χ1n) is 8.13. The summed E-state index contributed by atoms with van der Waals surface area (Å²) >= 11 is 0. The van der Waals surface area contributed by atoms with Crippen LogP contribution in [0.1, 0.15) is 72.1 Å². The van der Waals surface area contributed by atoms with Crippen LogP contribution in [0.2, 0.25) is 0 Å². The highest BCUT2D eigenvalue weighted by molar-refractivity contribution is 5.72. The molecule has 0 saturated carbocycles. The lowest BCUT2D eigenvalue weighted by Crippen LogP contribution is -2.29. The van der Waals surface area contributed by atoms with Crippen LogP contribution in [0.25, 0.3) is 0 Å². The number of esters is 1. The fourth-order valence-corrected chi connectivity index (χ4v) is 2.23. The van der Waals surface area contributed by atoms with E-state index in [-0.39, 0.29) is 11.9 Å². The van der Waals surface area contributed by atoms with Crippen molar-refractivity contribution >= 4 is 5.97 Å². The molecule has 3 nitrogen and oxygen atoms in total. The minimum atomic E-state index is -0.0329. The van der Waals surface area contributed by atoms with Crippen molar-refractivity contribution in [3.63, 3.8) is 0 Å². The second-order valence-corrected chi connectivity index (χ2v) is 5.17. The highest BCUT2D eigenvalue weighted by atomic mass is 16.5. The van der Waals surface area contributed by atoms with Gasteiger partial charge in [-0.05, 0) is 19.9 Å². The van der Waals surface area contributed by atoms with E-state index in [1.165, 1.54) is 38.5 Å². The number of ether oxygens (including phenoxy) is 1. The van der Waals surface area contributed by atoms with Crippen LogP contribution in [0, 0.1) is 5.92 Å². The monoisotopic (exact) mass is 271 g/mol. The Morgan fingerprint density at radius 3 is 2.21 bits per heavy atom. The summed E-state index contributed by atoms with van der Waals surface area (Å²) in [6.45, 7) is 8.33. The standard InChI is InChI=1S/C16H33NO2/c1-4-7-8-9-10-11-12-13-15(14-17-5-2)16(18)19-6-3/h15,17H,4-14H2,1-3H3. The molecule has 0 aliphatic rings. The number of carbonyl (C=O) groups is 1. The van der Waals surface area contributed by atoms with E-state index in [1.54, 1.807) is 0 Å². The lowest BCUT2D eigenvalue weighted by Gasteiger charge is -2.15. The van der Waals surface area contributed by atoms with Crippen LogP contribution in [-0.4, -0.2) is 25.7 Å². The van der Waals surface area contributed by atoms with Crippen molar-refractivity contribution in [2.45, 2.75) is 72.1 Å². The van der Waals surface area contributed by atoms with Crippen LogP contribution in [0.4, 0.5) is 0 Å². The van der Waals surface area contributed by atoms with Crippen LogP contribution in [0.3, 0.4) is 0 Å². The third kappa shape index (κ3) is 11.0. The smallest absolute Gasteiger partial charge is 0.310 e. The van der Waals surface area contributed by atoms with E-state index in [0.717, 1.165) is 25.9 Å². The molecule has 0 saturated heterocycles. The van der Waals surface area contributed by atoms with Gasteiger partial charge in [0, 0.05) is 6.54 Å². The van der Waals surface area contributed by atoms with Crippen LogP contribution in [0.15, 0.2) is 0 Å². The second-order valence-electron chi connectivity index (χ2n) is 5.17. The number of nitrogens with one attached hydrogen (secondary N) is 1. The molecule has 0 bridgehead atoms. The Hall–Kier alpha value is -0.570. The molecule has 0 aromatic carbocycles. The predicted octanol–water partition coefficient (Wildman–Crippen LogP) is 3.92. The summed E-state index contributed by atoms with van der Waals surface area (Å²) in [4.78, 5) is 11.8. The van der Waals surface area contributed by atoms with E-state index in [9.17, 15) is 4.79 Å². The highest BCUT2D eigenvalue weighted by Gasteiger charge is 2.18. The zero-order chi connectivity index (χ0) is 14.3. The summed E-state index contributed by atoms with van der Waals surface area (Å²) in [5.74, 6) is 0.00461. The van der Waals surface area contributed by atoms with Crippen molar-refractivity contribution in [1.29, 1.82) is 0 Å². The number of carbonyl (C=O) groups excluding carboxylic acids is 1. The molecule has 114 valence electrons. The van der Waals surface area contributed by atoms with Crippen LogP contribution < -0.4 is 5.32 Å². The van der Waals surface area contributed by atoms with Crippen molar-refractivity contribution in [2.24, 2.45) is 5.92 Å². The van der Waals surface area contributed by atoms with Gasteiger partial charge in [0.25, 0.3) is 0 Å². The molecule has 3 heteroatoms. The quantitative estimate of drug-likeness (QED) is 0.407. The molecule has 0 spiro atoms. The molecule has 1 N–H and O–H groups in total. The zero-order valence-electron chi connectivity index (χ0n) is 13.2. The molecular formula is C16H33NO2. The van der Waals surface area contributed by atoms with Gasteiger partial charge in [0.15, 0.2) is 0 Å². The largest absolute Gasteiger partial charge is 0.466 e. The Balaban J connectivity index is 3.70. The van der Waals surface area contributed by atoms with E-state index < -0.39 is 0 Å². The van der Waals surface area contributed by atoms with Crippen molar-refractivity contribution in [3.8, 4) is 0 Å². The normalized spacial score (nSPS) is 12.4. The molecule has 0 aromatic rings. The van der Waals surface area contributed by atoms with Crippen molar-refractivity contribution in [2.75, 3.05) is 19.7 Å². The van der Waals surface area contributed by atoms with Gasteiger partial charge in [-0.3, -0.25) is 4.79 Å². The average Bonchev–Trinajstić information content (AvgIpc) is 2.41. The van der Waals surface area contributed by atoms with Gasteiger partial charge in [-0.2, -0.15) is 0 Å². The summed E-state index contributed by atoms with van der Waals surface area (Å²) in [5, 5.41) is 3.26. The number of unbranched alkanes of at least 4 members (excludes halogenated alkanes) is 6. The fraction of sp³-hybridized carbons (Fsp3) is 0.938. The van der Waals surface area contributed by atoms with Crippen LogP contribution >= 0.6 is 0 Å². The lowest BCUT2D eigenvalue weighted by atomic mass is 10.00. The zero-order valence-corrected chi connectivity index (χ0v) is 13.2. The second kappa shape index (κ2) is 13.9. The Labute approximate surface area is 119 Å². The highest BCUT2D eigenvalue weighted by Crippen LogP contribution is 2.14. The molecule has 0 aliphatic carbocycles. The number of hydrogen-bond donors (Lipinski definition) is 1. The van der Waals surface area contributed by atoms with E-state index in [0.29, 0.717) is 6.61 Å². The maximum Gasteiger partial charge on any atom is 0.310 e. The van der Waals surface area contributed by atoms with Gasteiger partial charge in [-0.25, -0.2) is 0 Å². The maximum atomic E-state index is 11.8. The molecule has 0 aromatic heterocycles. The number of rotatable bonds is 13. The summed E-state index contributed by atoms with van der Waals surface area (Å²) in [6.07, 6.45) is 9.99. The Bertz CT molecular complexity index is 207. The Morgan fingerprint density at radius 2 is 1.63 bits per heavy atom. The minimum absolute atomic E-state index is 0.0329. The fourth-order valence-electron chi connectivity index (χ4n) is 2.23. The van der Waals surface area contributed by atoms with E-state index in [2.05, 4.69) is 19.2 Å². The molecule has 0 heterocycles. The van der Waals surface area contributed by atoms with Gasteiger partial charge in [0.05, 0.1) is 12.5 Å². The van der Waals surface area contributed by atoms with E-state index >= 15 is 0 Å². The molecule has 1 atom stereocenters. The molecule has 0 radical (unpaired) electrons. The van der Waals surface area contributed by atoms with Gasteiger partial charge < -0.3 is 10.1 Å². The molecular weight excluding hydrogens is 238 g/mol. The summed E-state index contributed by atoms with van der Waals surface area (Å²) < 4.78 is 5.13. The average molecular weight is 271 g/mol. The topological polar surface area (TPSA) is 38.3 Å². The number of hydrogen-bond acceptors (Lipinski definition) is 3. The SMILES string of the molecule is CCCCCCCCCC(CNCC)C(=O)OCC. The summed E-state index contributed by atoms with van der Waals surface area (Å²) in [7, 11) is 0. The first kappa shape index (κ1) is 18.4. The van der Waals surface area contributed by atoms with Crippen molar-refractivity contribution in [1.82, 2.24) is 5.32 Å². The van der Waals surface area contributed by atoms with Crippen LogP contribution in [0.5, 0.6) is 0 Å². The van der Waals surface area contributed by atoms with E-state index in [4.69, 9.17) is 4.74 Å². The third-order valence-corrected chi connectivity index (χ3v) is 3.42. The maximum absolute atomic E-state index is 11.8. The third-order valence-electron chi connectivity index (χ3n) is 3.42. The van der Waals surface area contributed by atoms with Crippen molar-refractivity contribution in [3.05, 3.63) is 0 Å². The predicted molar refractivity (Wildman–Crippen MR) is 81.3 cm³/mol.